The summed E-state index contributed by atoms with van der Waals surface area (Å²) in [5.74, 6) is -0.172. The lowest BCUT2D eigenvalue weighted by Crippen LogP contribution is -2.07. The van der Waals surface area contributed by atoms with E-state index in [0.717, 1.165) is 5.56 Å². The molecule has 24 heavy (non-hydrogen) atoms. The molecule has 0 aliphatic rings. The number of nitrogens with zero attached hydrogens (tertiary/aromatic N) is 2. The lowest BCUT2D eigenvalue weighted by molar-refractivity contribution is -0.111. The molecule has 2 aromatic carbocycles. The molecule has 0 spiro atoms. The van der Waals surface area contributed by atoms with Gasteiger partial charge < -0.3 is 5.32 Å². The van der Waals surface area contributed by atoms with Gasteiger partial charge in [-0.25, -0.2) is 0 Å². The second kappa shape index (κ2) is 7.42. The number of carbonyl (C=O) groups excluding carboxylic acids is 1. The Morgan fingerprint density at radius 1 is 1.12 bits per heavy atom. The second-order valence-corrected chi connectivity index (χ2v) is 5.65. The summed E-state index contributed by atoms with van der Waals surface area (Å²) in [6.45, 7) is 2.74. The third kappa shape index (κ3) is 4.43. The van der Waals surface area contributed by atoms with Gasteiger partial charge in [0.1, 0.15) is 0 Å². The summed E-state index contributed by atoms with van der Waals surface area (Å²) in [4.78, 5) is 12.0. The van der Waals surface area contributed by atoms with Crippen LogP contribution >= 0.6 is 0 Å². The summed E-state index contributed by atoms with van der Waals surface area (Å²) in [5, 5.41) is 7.10. The fraction of sp³-hybridized carbons (Fsp3) is 0.100. The summed E-state index contributed by atoms with van der Waals surface area (Å²) in [6, 6.07) is 18.0. The number of rotatable bonds is 5. The average Bonchev–Trinajstić information content (AvgIpc) is 3.03. The Bertz CT molecular complexity index is 833. The predicted octanol–water partition coefficient (Wildman–Crippen LogP) is 3.89. The van der Waals surface area contributed by atoms with Crippen molar-refractivity contribution in [2.24, 2.45) is 0 Å². The SMILES string of the molecule is Cc1ccc(Cn2cc(NC(=O)C=Cc3ccccc3)cn2)cc1. The lowest BCUT2D eigenvalue weighted by Gasteiger charge is -2.02. The van der Waals surface area contributed by atoms with Gasteiger partial charge in [0.15, 0.2) is 0 Å². The van der Waals surface area contributed by atoms with E-state index >= 15 is 0 Å². The molecule has 4 nitrogen and oxygen atoms in total. The van der Waals surface area contributed by atoms with Crippen molar-refractivity contribution in [1.82, 2.24) is 9.78 Å². The smallest absolute Gasteiger partial charge is 0.248 e. The van der Waals surface area contributed by atoms with Crippen LogP contribution in [0.3, 0.4) is 0 Å². The van der Waals surface area contributed by atoms with Crippen LogP contribution in [0.25, 0.3) is 6.08 Å². The zero-order chi connectivity index (χ0) is 16.8. The molecule has 0 unspecified atom stereocenters. The van der Waals surface area contributed by atoms with Crippen LogP contribution in [0.4, 0.5) is 5.69 Å². The van der Waals surface area contributed by atoms with E-state index < -0.39 is 0 Å². The van der Waals surface area contributed by atoms with E-state index in [9.17, 15) is 4.79 Å². The Labute approximate surface area is 141 Å². The van der Waals surface area contributed by atoms with E-state index in [1.165, 1.54) is 17.2 Å². The maximum atomic E-state index is 12.0. The summed E-state index contributed by atoms with van der Waals surface area (Å²) in [7, 11) is 0. The summed E-state index contributed by atoms with van der Waals surface area (Å²) in [5.41, 5.74) is 4.08. The van der Waals surface area contributed by atoms with Gasteiger partial charge in [-0.3, -0.25) is 9.48 Å². The van der Waals surface area contributed by atoms with Crippen molar-refractivity contribution in [2.75, 3.05) is 5.32 Å². The van der Waals surface area contributed by atoms with Crippen LogP contribution in [0.5, 0.6) is 0 Å². The molecule has 0 saturated carbocycles. The third-order valence-electron chi connectivity index (χ3n) is 3.59. The van der Waals surface area contributed by atoms with Gasteiger partial charge in [0.25, 0.3) is 0 Å². The van der Waals surface area contributed by atoms with Crippen LogP contribution in [-0.2, 0) is 11.3 Å². The van der Waals surface area contributed by atoms with Crippen molar-refractivity contribution in [3.05, 3.63) is 89.8 Å². The van der Waals surface area contributed by atoms with Gasteiger partial charge in [-0.1, -0.05) is 60.2 Å². The number of anilines is 1. The molecule has 4 heteroatoms. The molecule has 0 radical (unpaired) electrons. The third-order valence-corrected chi connectivity index (χ3v) is 3.59. The number of aryl methyl sites for hydroxylation is 1. The Balaban J connectivity index is 1.58. The number of aromatic nitrogens is 2. The Hall–Kier alpha value is -3.14. The number of carbonyl (C=O) groups is 1. The highest BCUT2D eigenvalue weighted by molar-refractivity contribution is 6.01. The van der Waals surface area contributed by atoms with E-state index in [4.69, 9.17) is 0 Å². The molecular weight excluding hydrogens is 298 g/mol. The summed E-state index contributed by atoms with van der Waals surface area (Å²) >= 11 is 0. The maximum absolute atomic E-state index is 12.0. The van der Waals surface area contributed by atoms with Crippen LogP contribution < -0.4 is 5.32 Å². The Morgan fingerprint density at radius 2 is 1.88 bits per heavy atom. The van der Waals surface area contributed by atoms with Gasteiger partial charge in [-0.05, 0) is 24.1 Å². The van der Waals surface area contributed by atoms with Crippen molar-refractivity contribution in [3.8, 4) is 0 Å². The fourth-order valence-electron chi connectivity index (χ4n) is 2.32. The first-order valence-corrected chi connectivity index (χ1v) is 7.81. The molecule has 0 aliphatic carbocycles. The number of amides is 1. The van der Waals surface area contributed by atoms with Gasteiger partial charge in [0.05, 0.1) is 18.4 Å². The Morgan fingerprint density at radius 3 is 2.62 bits per heavy atom. The van der Waals surface area contributed by atoms with Gasteiger partial charge in [-0.2, -0.15) is 5.10 Å². The molecule has 3 aromatic rings. The van der Waals surface area contributed by atoms with Gasteiger partial charge in [-0.15, -0.1) is 0 Å². The van der Waals surface area contributed by atoms with E-state index in [2.05, 4.69) is 41.6 Å². The normalized spacial score (nSPS) is 10.9. The molecule has 0 saturated heterocycles. The number of hydrogen-bond acceptors (Lipinski definition) is 2. The van der Waals surface area contributed by atoms with Crippen molar-refractivity contribution in [3.63, 3.8) is 0 Å². The standard InChI is InChI=1S/C20H19N3O/c1-16-7-9-18(10-8-16)14-23-15-19(13-21-23)22-20(24)12-11-17-5-3-2-4-6-17/h2-13,15H,14H2,1H3,(H,22,24). The van der Waals surface area contributed by atoms with Crippen LogP contribution in [0.2, 0.25) is 0 Å². The molecule has 3 rings (SSSR count). The minimum absolute atomic E-state index is 0.172. The summed E-state index contributed by atoms with van der Waals surface area (Å²) in [6.07, 6.45) is 6.79. The van der Waals surface area contributed by atoms with E-state index in [1.54, 1.807) is 17.0 Å². The molecule has 1 heterocycles. The average molecular weight is 317 g/mol. The lowest BCUT2D eigenvalue weighted by atomic mass is 10.1. The van der Waals surface area contributed by atoms with Crippen LogP contribution in [0.1, 0.15) is 16.7 Å². The quantitative estimate of drug-likeness (QED) is 0.726. The number of hydrogen-bond donors (Lipinski definition) is 1. The van der Waals surface area contributed by atoms with Crippen molar-refractivity contribution in [1.29, 1.82) is 0 Å². The van der Waals surface area contributed by atoms with Gasteiger partial charge >= 0.3 is 0 Å². The van der Waals surface area contributed by atoms with Gasteiger partial charge in [0, 0.05) is 12.3 Å². The molecule has 0 atom stereocenters. The highest BCUT2D eigenvalue weighted by Gasteiger charge is 2.02. The van der Waals surface area contributed by atoms with E-state index in [1.807, 2.05) is 36.5 Å². The van der Waals surface area contributed by atoms with Crippen LogP contribution in [0.15, 0.2) is 73.1 Å². The fourth-order valence-corrected chi connectivity index (χ4v) is 2.32. The zero-order valence-corrected chi connectivity index (χ0v) is 13.5. The monoisotopic (exact) mass is 317 g/mol. The van der Waals surface area contributed by atoms with Crippen molar-refractivity contribution >= 4 is 17.7 Å². The highest BCUT2D eigenvalue weighted by atomic mass is 16.1. The number of benzene rings is 2. The maximum Gasteiger partial charge on any atom is 0.248 e. The molecule has 1 aromatic heterocycles. The first-order valence-electron chi connectivity index (χ1n) is 7.81. The molecular formula is C20H19N3O. The molecule has 1 N–H and O–H groups in total. The van der Waals surface area contributed by atoms with Crippen LogP contribution in [0, 0.1) is 6.92 Å². The number of nitrogens with one attached hydrogen (secondary N) is 1. The minimum atomic E-state index is -0.172. The van der Waals surface area contributed by atoms with Crippen LogP contribution in [-0.4, -0.2) is 15.7 Å². The summed E-state index contributed by atoms with van der Waals surface area (Å²) < 4.78 is 1.81. The largest absolute Gasteiger partial charge is 0.320 e. The molecule has 0 bridgehead atoms. The molecule has 120 valence electrons. The molecule has 0 aliphatic heterocycles. The van der Waals surface area contributed by atoms with E-state index in [0.29, 0.717) is 12.2 Å². The van der Waals surface area contributed by atoms with Crippen molar-refractivity contribution in [2.45, 2.75) is 13.5 Å². The predicted molar refractivity (Wildman–Crippen MR) is 96.6 cm³/mol. The highest BCUT2D eigenvalue weighted by Crippen LogP contribution is 2.09. The Kier molecular flexibility index (Phi) is 4.87. The molecule has 1 amide bonds. The molecule has 0 fully saturated rings. The van der Waals surface area contributed by atoms with Crippen molar-refractivity contribution < 1.29 is 4.79 Å². The van der Waals surface area contributed by atoms with E-state index in [-0.39, 0.29) is 5.91 Å². The second-order valence-electron chi connectivity index (χ2n) is 5.65. The minimum Gasteiger partial charge on any atom is -0.320 e. The first-order chi connectivity index (χ1) is 11.7. The first kappa shape index (κ1) is 15.7. The zero-order valence-electron chi connectivity index (χ0n) is 13.5. The van der Waals surface area contributed by atoms with Gasteiger partial charge in [0.2, 0.25) is 5.91 Å². The topological polar surface area (TPSA) is 46.9 Å².